The van der Waals surface area contributed by atoms with Crippen LogP contribution in [0.5, 0.6) is 0 Å². The zero-order chi connectivity index (χ0) is 17.4. The first-order chi connectivity index (χ1) is 12.2. The van der Waals surface area contributed by atoms with Crippen LogP contribution < -0.4 is 0 Å². The van der Waals surface area contributed by atoms with Gasteiger partial charge >= 0.3 is 5.97 Å². The molecule has 0 amide bonds. The molecule has 0 aliphatic heterocycles. The van der Waals surface area contributed by atoms with E-state index in [1.165, 1.54) is 7.11 Å². The molecular formula is C20H14N2O3. The van der Waals surface area contributed by atoms with Gasteiger partial charge in [-0.15, -0.1) is 0 Å². The van der Waals surface area contributed by atoms with Crippen LogP contribution >= 0.6 is 0 Å². The van der Waals surface area contributed by atoms with Gasteiger partial charge in [-0.1, -0.05) is 42.5 Å². The molecule has 0 unspecified atom stereocenters. The number of carbonyl (C=O) groups excluding carboxylic acids is 2. The van der Waals surface area contributed by atoms with E-state index >= 15 is 0 Å². The Morgan fingerprint density at radius 1 is 0.960 bits per heavy atom. The number of ketones is 1. The first kappa shape index (κ1) is 15.1. The molecule has 4 rings (SSSR count). The SMILES string of the molecule is COC(=O)c1cc(C(=O)c2ccccc2)n2c1cnc1ccccc12. The van der Waals surface area contributed by atoms with Crippen LogP contribution in [-0.2, 0) is 4.74 Å². The lowest BCUT2D eigenvalue weighted by Gasteiger charge is -2.06. The molecule has 0 saturated heterocycles. The number of rotatable bonds is 3. The van der Waals surface area contributed by atoms with Gasteiger partial charge in [-0.05, 0) is 18.2 Å². The summed E-state index contributed by atoms with van der Waals surface area (Å²) in [5.41, 5.74) is 3.32. The molecule has 0 atom stereocenters. The molecule has 0 fully saturated rings. The first-order valence-corrected chi connectivity index (χ1v) is 7.78. The van der Waals surface area contributed by atoms with E-state index < -0.39 is 5.97 Å². The molecular weight excluding hydrogens is 316 g/mol. The van der Waals surface area contributed by atoms with Crippen LogP contribution in [0, 0.1) is 0 Å². The number of para-hydroxylation sites is 2. The van der Waals surface area contributed by atoms with Crippen molar-refractivity contribution in [3.05, 3.63) is 83.7 Å². The Balaban J connectivity index is 2.07. The van der Waals surface area contributed by atoms with Crippen molar-refractivity contribution in [1.29, 1.82) is 0 Å². The van der Waals surface area contributed by atoms with Crippen molar-refractivity contribution in [2.45, 2.75) is 0 Å². The third-order valence-corrected chi connectivity index (χ3v) is 4.16. The van der Waals surface area contributed by atoms with Crippen molar-refractivity contribution in [2.24, 2.45) is 0 Å². The maximum Gasteiger partial charge on any atom is 0.340 e. The van der Waals surface area contributed by atoms with E-state index in [-0.39, 0.29) is 5.78 Å². The summed E-state index contributed by atoms with van der Waals surface area (Å²) in [6.07, 6.45) is 1.59. The number of hydrogen-bond donors (Lipinski definition) is 0. The summed E-state index contributed by atoms with van der Waals surface area (Å²) < 4.78 is 6.63. The highest BCUT2D eigenvalue weighted by molar-refractivity contribution is 6.12. The lowest BCUT2D eigenvalue weighted by Crippen LogP contribution is -2.06. The van der Waals surface area contributed by atoms with E-state index in [0.717, 1.165) is 11.0 Å². The summed E-state index contributed by atoms with van der Waals surface area (Å²) in [7, 11) is 1.32. The zero-order valence-electron chi connectivity index (χ0n) is 13.5. The molecule has 0 radical (unpaired) electrons. The Morgan fingerprint density at radius 3 is 2.44 bits per heavy atom. The van der Waals surface area contributed by atoms with Crippen LogP contribution in [0.25, 0.3) is 16.6 Å². The van der Waals surface area contributed by atoms with Crippen LogP contribution in [0.3, 0.4) is 0 Å². The van der Waals surface area contributed by atoms with Crippen LogP contribution in [-0.4, -0.2) is 28.2 Å². The maximum atomic E-state index is 13.0. The molecule has 0 saturated carbocycles. The summed E-state index contributed by atoms with van der Waals surface area (Å²) in [6.45, 7) is 0. The molecule has 2 heterocycles. The lowest BCUT2D eigenvalue weighted by atomic mass is 10.1. The highest BCUT2D eigenvalue weighted by Crippen LogP contribution is 2.25. The number of methoxy groups -OCH3 is 1. The van der Waals surface area contributed by atoms with Gasteiger partial charge in [-0.3, -0.25) is 9.78 Å². The molecule has 5 nitrogen and oxygen atoms in total. The Hall–Kier alpha value is -3.47. The van der Waals surface area contributed by atoms with Gasteiger partial charge in [-0.2, -0.15) is 0 Å². The second-order valence-electron chi connectivity index (χ2n) is 5.60. The number of nitrogens with zero attached hydrogens (tertiary/aromatic N) is 2. The fraction of sp³-hybridized carbons (Fsp3) is 0.0500. The number of fused-ring (bicyclic) bond motifs is 3. The van der Waals surface area contributed by atoms with Gasteiger partial charge in [0.25, 0.3) is 0 Å². The normalized spacial score (nSPS) is 10.9. The average molecular weight is 330 g/mol. The zero-order valence-corrected chi connectivity index (χ0v) is 13.5. The van der Waals surface area contributed by atoms with Gasteiger partial charge in [0.2, 0.25) is 5.78 Å². The summed E-state index contributed by atoms with van der Waals surface area (Å²) in [4.78, 5) is 29.6. The number of esters is 1. The van der Waals surface area contributed by atoms with E-state index in [9.17, 15) is 9.59 Å². The van der Waals surface area contributed by atoms with Crippen molar-refractivity contribution < 1.29 is 14.3 Å². The molecule has 0 aliphatic carbocycles. The molecule has 0 bridgehead atoms. The molecule has 5 heteroatoms. The Morgan fingerprint density at radius 2 is 1.68 bits per heavy atom. The highest BCUT2D eigenvalue weighted by atomic mass is 16.5. The largest absolute Gasteiger partial charge is 0.465 e. The van der Waals surface area contributed by atoms with E-state index in [4.69, 9.17) is 4.74 Å². The number of ether oxygens (including phenoxy) is 1. The van der Waals surface area contributed by atoms with Crippen molar-refractivity contribution in [2.75, 3.05) is 7.11 Å². The summed E-state index contributed by atoms with van der Waals surface area (Å²) >= 11 is 0. The molecule has 25 heavy (non-hydrogen) atoms. The number of hydrogen-bond acceptors (Lipinski definition) is 4. The molecule has 0 aliphatic rings. The Kier molecular flexibility index (Phi) is 3.54. The third-order valence-electron chi connectivity index (χ3n) is 4.16. The standard InChI is InChI=1S/C20H14N2O3/c1-25-20(24)14-11-17(19(23)13-7-3-2-4-8-13)22-16-10-6-5-9-15(16)21-12-18(14)22/h2-12H,1H3. The smallest absolute Gasteiger partial charge is 0.340 e. The number of aromatic nitrogens is 2. The van der Waals surface area contributed by atoms with Gasteiger partial charge in [0.1, 0.15) is 0 Å². The van der Waals surface area contributed by atoms with Crippen LogP contribution in [0.2, 0.25) is 0 Å². The minimum absolute atomic E-state index is 0.165. The predicted molar refractivity (Wildman–Crippen MR) is 93.9 cm³/mol. The second kappa shape index (κ2) is 5.87. The van der Waals surface area contributed by atoms with Crippen molar-refractivity contribution in [3.63, 3.8) is 0 Å². The minimum atomic E-state index is -0.498. The van der Waals surface area contributed by atoms with Gasteiger partial charge in [0.05, 0.1) is 41.1 Å². The van der Waals surface area contributed by atoms with Crippen LogP contribution in [0.1, 0.15) is 26.4 Å². The summed E-state index contributed by atoms with van der Waals surface area (Å²) in [6, 6.07) is 18.0. The van der Waals surface area contributed by atoms with E-state index in [2.05, 4.69) is 4.98 Å². The van der Waals surface area contributed by atoms with E-state index in [0.29, 0.717) is 22.3 Å². The van der Waals surface area contributed by atoms with Crippen LogP contribution in [0.15, 0.2) is 66.9 Å². The van der Waals surface area contributed by atoms with Gasteiger partial charge in [0, 0.05) is 5.56 Å². The lowest BCUT2D eigenvalue weighted by molar-refractivity contribution is 0.0603. The first-order valence-electron chi connectivity index (χ1n) is 7.78. The fourth-order valence-corrected chi connectivity index (χ4v) is 2.98. The van der Waals surface area contributed by atoms with Gasteiger partial charge < -0.3 is 9.14 Å². The molecule has 0 spiro atoms. The van der Waals surface area contributed by atoms with Gasteiger partial charge in [-0.25, -0.2) is 4.79 Å². The highest BCUT2D eigenvalue weighted by Gasteiger charge is 2.22. The molecule has 0 N–H and O–H groups in total. The molecule has 122 valence electrons. The topological polar surface area (TPSA) is 60.7 Å². The second-order valence-corrected chi connectivity index (χ2v) is 5.60. The van der Waals surface area contributed by atoms with Crippen molar-refractivity contribution >= 4 is 28.3 Å². The van der Waals surface area contributed by atoms with Crippen LogP contribution in [0.4, 0.5) is 0 Å². The monoisotopic (exact) mass is 330 g/mol. The summed E-state index contributed by atoms with van der Waals surface area (Å²) in [5, 5.41) is 0. The number of carbonyl (C=O) groups is 2. The molecule has 4 aromatic rings. The maximum absolute atomic E-state index is 13.0. The predicted octanol–water partition coefficient (Wildman–Crippen LogP) is 3.51. The minimum Gasteiger partial charge on any atom is -0.465 e. The Labute approximate surface area is 143 Å². The van der Waals surface area contributed by atoms with E-state index in [1.807, 2.05) is 42.5 Å². The van der Waals surface area contributed by atoms with Crippen molar-refractivity contribution in [3.8, 4) is 0 Å². The fourth-order valence-electron chi connectivity index (χ4n) is 2.98. The summed E-state index contributed by atoms with van der Waals surface area (Å²) in [5.74, 6) is -0.663. The molecule has 2 aromatic heterocycles. The molecule has 2 aromatic carbocycles. The number of benzene rings is 2. The van der Waals surface area contributed by atoms with Gasteiger partial charge in [0.15, 0.2) is 0 Å². The van der Waals surface area contributed by atoms with E-state index in [1.54, 1.807) is 28.8 Å². The Bertz CT molecular complexity index is 1110. The third kappa shape index (κ3) is 2.37. The average Bonchev–Trinajstić information content (AvgIpc) is 3.07. The van der Waals surface area contributed by atoms with Crippen molar-refractivity contribution in [1.82, 2.24) is 9.38 Å². The quantitative estimate of drug-likeness (QED) is 0.426.